The number of benzene rings is 4. The highest BCUT2D eigenvalue weighted by Gasteiger charge is 2.24. The fraction of sp³-hybridized carbons (Fsp3) is 0. The number of rotatable bonds is 4. The number of nitrogens with zero attached hydrogens (tertiary/aromatic N) is 1. The highest BCUT2D eigenvalue weighted by Crippen LogP contribution is 2.33. The van der Waals surface area contributed by atoms with Crippen LogP contribution in [0.5, 0.6) is 0 Å². The van der Waals surface area contributed by atoms with Crippen molar-refractivity contribution in [1.29, 1.82) is 0 Å². The summed E-state index contributed by atoms with van der Waals surface area (Å²) in [7, 11) is 0. The molecule has 0 saturated heterocycles. The first-order valence-corrected chi connectivity index (χ1v) is 10.1. The Morgan fingerprint density at radius 2 is 0.806 bits per heavy atom. The normalized spacial score (nSPS) is 13.1. The van der Waals surface area contributed by atoms with E-state index >= 15 is 0 Å². The molecule has 0 bridgehead atoms. The number of anilines is 1. The zero-order valence-corrected chi connectivity index (χ0v) is 16.7. The van der Waals surface area contributed by atoms with Gasteiger partial charge in [-0.15, -0.1) is 0 Å². The average molecular weight is 401 g/mol. The standard InChI is InChI=1S/C28H19NO2/c30-27-15-16-28(31)29(27)26-13-11-22(12-14-26)25-18-23(20-7-3-1-4-8-20)17-24(19-25)21-9-5-2-6-10-21/h1-19H. The van der Waals surface area contributed by atoms with Gasteiger partial charge < -0.3 is 0 Å². The van der Waals surface area contributed by atoms with E-state index in [2.05, 4.69) is 42.5 Å². The third-order valence-corrected chi connectivity index (χ3v) is 5.42. The van der Waals surface area contributed by atoms with Gasteiger partial charge in [0, 0.05) is 12.2 Å². The molecule has 0 spiro atoms. The van der Waals surface area contributed by atoms with Crippen LogP contribution in [0.3, 0.4) is 0 Å². The number of hydrogen-bond acceptors (Lipinski definition) is 2. The lowest BCUT2D eigenvalue weighted by molar-refractivity contribution is -0.119. The highest BCUT2D eigenvalue weighted by atomic mass is 16.2. The van der Waals surface area contributed by atoms with Crippen molar-refractivity contribution in [1.82, 2.24) is 0 Å². The van der Waals surface area contributed by atoms with Crippen molar-refractivity contribution in [2.45, 2.75) is 0 Å². The first-order valence-electron chi connectivity index (χ1n) is 10.1. The highest BCUT2D eigenvalue weighted by molar-refractivity contribution is 6.28. The van der Waals surface area contributed by atoms with Crippen LogP contribution in [0.2, 0.25) is 0 Å². The summed E-state index contributed by atoms with van der Waals surface area (Å²) >= 11 is 0. The smallest absolute Gasteiger partial charge is 0.258 e. The Hall–Kier alpha value is -4.24. The third kappa shape index (κ3) is 3.69. The van der Waals surface area contributed by atoms with Crippen molar-refractivity contribution >= 4 is 17.5 Å². The van der Waals surface area contributed by atoms with Gasteiger partial charge in [-0.2, -0.15) is 0 Å². The maximum atomic E-state index is 12.0. The maximum absolute atomic E-state index is 12.0. The van der Waals surface area contributed by atoms with E-state index < -0.39 is 0 Å². The van der Waals surface area contributed by atoms with Gasteiger partial charge in [-0.25, -0.2) is 4.90 Å². The lowest BCUT2D eigenvalue weighted by Crippen LogP contribution is -2.29. The van der Waals surface area contributed by atoms with Crippen LogP contribution in [0.15, 0.2) is 115 Å². The predicted octanol–water partition coefficient (Wildman–Crippen LogP) is 6.12. The molecule has 0 radical (unpaired) electrons. The SMILES string of the molecule is O=C1C=CC(=O)N1c1ccc(-c2cc(-c3ccccc3)cc(-c3ccccc3)c2)cc1. The Morgan fingerprint density at radius 1 is 0.419 bits per heavy atom. The van der Waals surface area contributed by atoms with E-state index in [1.165, 1.54) is 17.1 Å². The molecule has 3 heteroatoms. The first kappa shape index (κ1) is 18.8. The fourth-order valence-corrected chi connectivity index (χ4v) is 3.85. The van der Waals surface area contributed by atoms with Crippen molar-refractivity contribution in [3.8, 4) is 33.4 Å². The van der Waals surface area contributed by atoms with Crippen molar-refractivity contribution in [2.75, 3.05) is 4.90 Å². The molecule has 0 aliphatic carbocycles. The summed E-state index contributed by atoms with van der Waals surface area (Å²) in [6.07, 6.45) is 2.59. The molecule has 4 aromatic rings. The summed E-state index contributed by atoms with van der Waals surface area (Å²) in [5.41, 5.74) is 7.24. The molecule has 5 rings (SSSR count). The van der Waals surface area contributed by atoms with Crippen LogP contribution in [-0.4, -0.2) is 11.8 Å². The Bertz CT molecular complexity index is 1210. The van der Waals surface area contributed by atoms with Gasteiger partial charge in [0.1, 0.15) is 0 Å². The van der Waals surface area contributed by atoms with Crippen LogP contribution < -0.4 is 4.90 Å². The quantitative estimate of drug-likeness (QED) is 0.387. The van der Waals surface area contributed by atoms with Gasteiger partial charge in [-0.05, 0) is 63.7 Å². The predicted molar refractivity (Wildman–Crippen MR) is 124 cm³/mol. The van der Waals surface area contributed by atoms with Crippen LogP contribution in [-0.2, 0) is 9.59 Å². The number of hydrogen-bond donors (Lipinski definition) is 0. The molecule has 0 aromatic heterocycles. The minimum Gasteiger partial charge on any atom is -0.269 e. The number of carbonyl (C=O) groups excluding carboxylic acids is 2. The minimum atomic E-state index is -0.310. The van der Waals surface area contributed by atoms with E-state index in [-0.39, 0.29) is 11.8 Å². The molecule has 0 N–H and O–H groups in total. The third-order valence-electron chi connectivity index (χ3n) is 5.42. The molecular formula is C28H19NO2. The fourth-order valence-electron chi connectivity index (χ4n) is 3.85. The van der Waals surface area contributed by atoms with E-state index in [9.17, 15) is 9.59 Å². The maximum Gasteiger partial charge on any atom is 0.258 e. The molecule has 31 heavy (non-hydrogen) atoms. The topological polar surface area (TPSA) is 37.4 Å². The molecule has 1 aliphatic heterocycles. The van der Waals surface area contributed by atoms with Gasteiger partial charge in [0.15, 0.2) is 0 Å². The Kier molecular flexibility index (Phi) is 4.77. The molecule has 1 aliphatic rings. The van der Waals surface area contributed by atoms with Crippen molar-refractivity contribution in [3.05, 3.63) is 115 Å². The molecule has 0 fully saturated rings. The molecule has 3 nitrogen and oxygen atoms in total. The summed E-state index contributed by atoms with van der Waals surface area (Å²) < 4.78 is 0. The Morgan fingerprint density at radius 3 is 1.23 bits per heavy atom. The van der Waals surface area contributed by atoms with E-state index in [0.29, 0.717) is 5.69 Å². The van der Waals surface area contributed by atoms with Gasteiger partial charge >= 0.3 is 0 Å². The van der Waals surface area contributed by atoms with Crippen molar-refractivity contribution < 1.29 is 9.59 Å². The van der Waals surface area contributed by atoms with Crippen LogP contribution in [0.25, 0.3) is 33.4 Å². The molecule has 0 atom stereocenters. The van der Waals surface area contributed by atoms with Gasteiger partial charge in [0.2, 0.25) is 0 Å². The van der Waals surface area contributed by atoms with E-state index in [1.54, 1.807) is 0 Å². The molecule has 1 heterocycles. The minimum absolute atomic E-state index is 0.310. The summed E-state index contributed by atoms with van der Waals surface area (Å²) in [6, 6.07) is 34.7. The summed E-state index contributed by atoms with van der Waals surface area (Å²) in [5.74, 6) is -0.620. The second-order valence-electron chi connectivity index (χ2n) is 7.42. The Labute approximate surface area is 180 Å². The van der Waals surface area contributed by atoms with E-state index in [0.717, 1.165) is 33.4 Å². The molecule has 4 aromatic carbocycles. The molecular weight excluding hydrogens is 382 g/mol. The zero-order valence-electron chi connectivity index (χ0n) is 16.7. The second kappa shape index (κ2) is 7.88. The van der Waals surface area contributed by atoms with E-state index in [4.69, 9.17) is 0 Å². The van der Waals surface area contributed by atoms with Crippen LogP contribution in [0.1, 0.15) is 0 Å². The summed E-state index contributed by atoms with van der Waals surface area (Å²) in [6.45, 7) is 0. The Balaban J connectivity index is 1.58. The second-order valence-corrected chi connectivity index (χ2v) is 7.42. The number of amides is 2. The summed E-state index contributed by atoms with van der Waals surface area (Å²) in [4.78, 5) is 25.1. The van der Waals surface area contributed by atoms with Crippen LogP contribution in [0.4, 0.5) is 5.69 Å². The van der Waals surface area contributed by atoms with Crippen LogP contribution >= 0.6 is 0 Å². The first-order chi connectivity index (χ1) is 15.2. The van der Waals surface area contributed by atoms with E-state index in [1.807, 2.05) is 60.7 Å². The average Bonchev–Trinajstić information content (AvgIpc) is 3.18. The van der Waals surface area contributed by atoms with Crippen LogP contribution in [0, 0.1) is 0 Å². The van der Waals surface area contributed by atoms with Gasteiger partial charge in [-0.1, -0.05) is 72.8 Å². The molecule has 2 amide bonds. The zero-order chi connectivity index (χ0) is 21.2. The van der Waals surface area contributed by atoms with Gasteiger partial charge in [0.05, 0.1) is 5.69 Å². The summed E-state index contributed by atoms with van der Waals surface area (Å²) in [5, 5.41) is 0. The number of carbonyl (C=O) groups is 2. The lowest BCUT2D eigenvalue weighted by Gasteiger charge is -2.15. The van der Waals surface area contributed by atoms with Crippen molar-refractivity contribution in [3.63, 3.8) is 0 Å². The lowest BCUT2D eigenvalue weighted by atomic mass is 9.93. The number of imide groups is 1. The molecule has 0 saturated carbocycles. The van der Waals surface area contributed by atoms with Gasteiger partial charge in [0.25, 0.3) is 11.8 Å². The van der Waals surface area contributed by atoms with Gasteiger partial charge in [-0.3, -0.25) is 9.59 Å². The van der Waals surface area contributed by atoms with Crippen molar-refractivity contribution in [2.24, 2.45) is 0 Å². The molecule has 148 valence electrons. The monoisotopic (exact) mass is 401 g/mol. The largest absolute Gasteiger partial charge is 0.269 e. The molecule has 0 unspecified atom stereocenters.